The summed E-state index contributed by atoms with van der Waals surface area (Å²) in [6.07, 6.45) is 0.196. The number of hydrogen-bond donors (Lipinski definition) is 0. The van der Waals surface area contributed by atoms with Crippen LogP contribution in [0.25, 0.3) is 0 Å². The fourth-order valence-electron chi connectivity index (χ4n) is 1.60. The van der Waals surface area contributed by atoms with Crippen molar-refractivity contribution < 1.29 is 14.3 Å². The number of esters is 1. The highest BCUT2D eigenvalue weighted by Crippen LogP contribution is 2.23. The highest BCUT2D eigenvalue weighted by atomic mass is 16.5. The van der Waals surface area contributed by atoms with Crippen molar-refractivity contribution in [3.63, 3.8) is 0 Å². The maximum Gasteiger partial charge on any atom is 0.376 e. The number of rotatable bonds is 5. The van der Waals surface area contributed by atoms with E-state index in [1.54, 1.807) is 6.92 Å². The minimum atomic E-state index is -1.38. The molecule has 4 nitrogen and oxygen atoms in total. The Kier molecular flexibility index (Phi) is 4.61. The van der Waals surface area contributed by atoms with E-state index in [1.165, 1.54) is 6.92 Å². The SMILES string of the molecule is CCOC(=O)C(=O)C(C)(C#N)Cc1ccccc1. The summed E-state index contributed by atoms with van der Waals surface area (Å²) in [6, 6.07) is 11.0. The van der Waals surface area contributed by atoms with Crippen molar-refractivity contribution in [2.75, 3.05) is 6.61 Å². The van der Waals surface area contributed by atoms with Gasteiger partial charge in [0.15, 0.2) is 0 Å². The summed E-state index contributed by atoms with van der Waals surface area (Å²) in [4.78, 5) is 23.3. The Balaban J connectivity index is 2.90. The van der Waals surface area contributed by atoms with Crippen LogP contribution in [0.2, 0.25) is 0 Å². The number of carbonyl (C=O) groups excluding carboxylic acids is 2. The first-order valence-corrected chi connectivity index (χ1v) is 5.70. The quantitative estimate of drug-likeness (QED) is 0.587. The molecule has 1 unspecified atom stereocenters. The molecule has 18 heavy (non-hydrogen) atoms. The van der Waals surface area contributed by atoms with E-state index in [0.717, 1.165) is 5.56 Å². The Bertz CT molecular complexity index is 476. The second-order valence-corrected chi connectivity index (χ2v) is 4.16. The van der Waals surface area contributed by atoms with E-state index in [9.17, 15) is 9.59 Å². The Morgan fingerprint density at radius 2 is 1.94 bits per heavy atom. The molecule has 0 saturated carbocycles. The van der Waals surface area contributed by atoms with Gasteiger partial charge in [-0.3, -0.25) is 4.79 Å². The number of nitriles is 1. The van der Waals surface area contributed by atoms with E-state index in [2.05, 4.69) is 4.74 Å². The van der Waals surface area contributed by atoms with E-state index < -0.39 is 17.2 Å². The average Bonchev–Trinajstić information content (AvgIpc) is 2.39. The lowest BCUT2D eigenvalue weighted by Gasteiger charge is -2.18. The lowest BCUT2D eigenvalue weighted by atomic mass is 9.81. The molecule has 0 spiro atoms. The zero-order chi connectivity index (χ0) is 13.6. The van der Waals surface area contributed by atoms with Crippen LogP contribution in [0, 0.1) is 16.7 Å². The topological polar surface area (TPSA) is 67.2 Å². The number of ether oxygens (including phenoxy) is 1. The summed E-state index contributed by atoms with van der Waals surface area (Å²) in [7, 11) is 0. The molecular formula is C14H15NO3. The summed E-state index contributed by atoms with van der Waals surface area (Å²) in [6.45, 7) is 3.20. The molecule has 0 amide bonds. The van der Waals surface area contributed by atoms with Gasteiger partial charge in [-0.2, -0.15) is 5.26 Å². The van der Waals surface area contributed by atoms with Crippen molar-refractivity contribution in [2.45, 2.75) is 20.3 Å². The number of carbonyl (C=O) groups is 2. The first-order valence-electron chi connectivity index (χ1n) is 5.70. The van der Waals surface area contributed by atoms with Crippen LogP contribution in [0.15, 0.2) is 30.3 Å². The van der Waals surface area contributed by atoms with Gasteiger partial charge in [0.1, 0.15) is 5.41 Å². The maximum absolute atomic E-state index is 11.9. The van der Waals surface area contributed by atoms with E-state index >= 15 is 0 Å². The van der Waals surface area contributed by atoms with Crippen LogP contribution in [0.4, 0.5) is 0 Å². The number of Topliss-reactive ketones (excluding diaryl/α,β-unsaturated/α-hetero) is 1. The van der Waals surface area contributed by atoms with Crippen LogP contribution in [-0.2, 0) is 20.7 Å². The molecule has 0 aromatic heterocycles. The van der Waals surface area contributed by atoms with Gasteiger partial charge >= 0.3 is 5.97 Å². The number of nitrogens with zero attached hydrogens (tertiary/aromatic N) is 1. The van der Waals surface area contributed by atoms with Crippen molar-refractivity contribution in [3.05, 3.63) is 35.9 Å². The Morgan fingerprint density at radius 3 is 2.44 bits per heavy atom. The third-order valence-corrected chi connectivity index (χ3v) is 2.61. The van der Waals surface area contributed by atoms with Gasteiger partial charge in [0.25, 0.3) is 5.78 Å². The van der Waals surface area contributed by atoms with E-state index in [4.69, 9.17) is 5.26 Å². The van der Waals surface area contributed by atoms with Gasteiger partial charge in [0, 0.05) is 0 Å². The highest BCUT2D eigenvalue weighted by Gasteiger charge is 2.39. The molecule has 1 atom stereocenters. The molecule has 0 radical (unpaired) electrons. The molecule has 0 aliphatic rings. The lowest BCUT2D eigenvalue weighted by Crippen LogP contribution is -2.35. The Hall–Kier alpha value is -2.15. The largest absolute Gasteiger partial charge is 0.460 e. The Morgan fingerprint density at radius 1 is 1.33 bits per heavy atom. The summed E-state index contributed by atoms with van der Waals surface area (Å²) < 4.78 is 4.65. The smallest absolute Gasteiger partial charge is 0.376 e. The van der Waals surface area contributed by atoms with Crippen LogP contribution in [0.3, 0.4) is 0 Å². The van der Waals surface area contributed by atoms with Crippen molar-refractivity contribution >= 4 is 11.8 Å². The van der Waals surface area contributed by atoms with Crippen molar-refractivity contribution in [1.29, 1.82) is 5.26 Å². The van der Waals surface area contributed by atoms with Crippen molar-refractivity contribution in [2.24, 2.45) is 5.41 Å². The number of hydrogen-bond acceptors (Lipinski definition) is 4. The zero-order valence-corrected chi connectivity index (χ0v) is 10.5. The van der Waals surface area contributed by atoms with Gasteiger partial charge < -0.3 is 4.74 Å². The summed E-state index contributed by atoms with van der Waals surface area (Å²) in [5.74, 6) is -1.74. The van der Waals surface area contributed by atoms with Crippen LogP contribution < -0.4 is 0 Å². The molecule has 0 aliphatic carbocycles. The van der Waals surface area contributed by atoms with Crippen LogP contribution >= 0.6 is 0 Å². The molecule has 4 heteroatoms. The molecule has 0 bridgehead atoms. The Labute approximate surface area is 106 Å². The van der Waals surface area contributed by atoms with Gasteiger partial charge in [-0.15, -0.1) is 0 Å². The van der Waals surface area contributed by atoms with E-state index in [-0.39, 0.29) is 13.0 Å². The number of ketones is 1. The third-order valence-electron chi connectivity index (χ3n) is 2.61. The minimum absolute atomic E-state index is 0.122. The molecule has 0 fully saturated rings. The first-order chi connectivity index (χ1) is 8.53. The maximum atomic E-state index is 11.9. The fraction of sp³-hybridized carbons (Fsp3) is 0.357. The highest BCUT2D eigenvalue weighted by molar-refractivity contribution is 6.36. The summed E-state index contributed by atoms with van der Waals surface area (Å²) >= 11 is 0. The molecule has 0 aliphatic heterocycles. The molecule has 0 heterocycles. The normalized spacial score (nSPS) is 13.2. The first kappa shape index (κ1) is 13.9. The van der Waals surface area contributed by atoms with Gasteiger partial charge in [0.05, 0.1) is 12.7 Å². The second-order valence-electron chi connectivity index (χ2n) is 4.16. The summed E-state index contributed by atoms with van der Waals surface area (Å²) in [5.41, 5.74) is -0.549. The minimum Gasteiger partial charge on any atom is -0.460 e. The lowest BCUT2D eigenvalue weighted by molar-refractivity contribution is -0.156. The predicted octanol–water partition coefficient (Wildman–Crippen LogP) is 1.89. The van der Waals surface area contributed by atoms with Crippen molar-refractivity contribution in [1.82, 2.24) is 0 Å². The van der Waals surface area contributed by atoms with Gasteiger partial charge in [-0.25, -0.2) is 4.79 Å². The van der Waals surface area contributed by atoms with Crippen molar-refractivity contribution in [3.8, 4) is 6.07 Å². The molecule has 94 valence electrons. The molecule has 0 saturated heterocycles. The standard InChI is InChI=1S/C14H15NO3/c1-3-18-13(17)12(16)14(2,10-15)9-11-7-5-4-6-8-11/h4-8H,3,9H2,1-2H3. The fourth-order valence-corrected chi connectivity index (χ4v) is 1.60. The molecule has 1 rings (SSSR count). The predicted molar refractivity (Wildman–Crippen MR) is 65.5 cm³/mol. The van der Waals surface area contributed by atoms with Gasteiger partial charge in [-0.05, 0) is 25.8 Å². The average molecular weight is 245 g/mol. The third kappa shape index (κ3) is 3.17. The molecule has 1 aromatic carbocycles. The van der Waals surface area contributed by atoms with Gasteiger partial charge in [-0.1, -0.05) is 30.3 Å². The summed E-state index contributed by atoms with van der Waals surface area (Å²) in [5, 5.41) is 9.16. The number of benzene rings is 1. The second kappa shape index (κ2) is 5.97. The van der Waals surface area contributed by atoms with Crippen LogP contribution in [-0.4, -0.2) is 18.4 Å². The van der Waals surface area contributed by atoms with Crippen LogP contribution in [0.1, 0.15) is 19.4 Å². The molecular weight excluding hydrogens is 230 g/mol. The van der Waals surface area contributed by atoms with E-state index in [0.29, 0.717) is 0 Å². The monoisotopic (exact) mass is 245 g/mol. The van der Waals surface area contributed by atoms with E-state index in [1.807, 2.05) is 36.4 Å². The van der Waals surface area contributed by atoms with Gasteiger partial charge in [0.2, 0.25) is 0 Å². The molecule has 1 aromatic rings. The molecule has 0 N–H and O–H groups in total. The van der Waals surface area contributed by atoms with Crippen LogP contribution in [0.5, 0.6) is 0 Å². The zero-order valence-electron chi connectivity index (χ0n) is 10.5.